The van der Waals surface area contributed by atoms with Gasteiger partial charge in [-0.25, -0.2) is 9.89 Å². The summed E-state index contributed by atoms with van der Waals surface area (Å²) < 4.78 is 6.75. The van der Waals surface area contributed by atoms with Crippen LogP contribution in [-0.2, 0) is 16.1 Å². The molecule has 2 N–H and O–H groups in total. The zero-order valence-corrected chi connectivity index (χ0v) is 17.3. The maximum Gasteiger partial charge on any atom is 0.341 e. The first-order valence-corrected chi connectivity index (χ1v) is 10.3. The maximum atomic E-state index is 12.3. The minimum Gasteiger partial charge on any atom is -0.465 e. The van der Waals surface area contributed by atoms with Gasteiger partial charge in [0.1, 0.15) is 11.3 Å². The molecule has 0 radical (unpaired) electrons. The summed E-state index contributed by atoms with van der Waals surface area (Å²) in [7, 11) is 1.30. The molecule has 1 aromatic carbocycles. The number of hydrogen-bond acceptors (Lipinski definition) is 6. The predicted molar refractivity (Wildman–Crippen MR) is 114 cm³/mol. The number of piperidine rings is 1. The zero-order chi connectivity index (χ0) is 21.8. The highest BCUT2D eigenvalue weighted by Gasteiger charge is 2.26. The first-order chi connectivity index (χ1) is 15.0. The summed E-state index contributed by atoms with van der Waals surface area (Å²) in [5, 5.41) is 9.31. The van der Waals surface area contributed by atoms with Crippen molar-refractivity contribution in [3.05, 3.63) is 64.2 Å². The molecule has 31 heavy (non-hydrogen) atoms. The maximum absolute atomic E-state index is 12.3. The van der Waals surface area contributed by atoms with Gasteiger partial charge in [0.25, 0.3) is 5.56 Å². The van der Waals surface area contributed by atoms with Crippen molar-refractivity contribution in [3.63, 3.8) is 0 Å². The number of methoxy groups -OCH3 is 1. The number of H-pyrrole nitrogens is 1. The summed E-state index contributed by atoms with van der Waals surface area (Å²) in [6, 6.07) is 9.93. The fraction of sp³-hybridized carbons (Fsp3) is 0.364. The third-order valence-electron chi connectivity index (χ3n) is 5.66. The molecule has 3 heterocycles. The van der Waals surface area contributed by atoms with E-state index in [1.165, 1.54) is 7.11 Å². The van der Waals surface area contributed by atoms with Crippen LogP contribution in [0.1, 0.15) is 34.8 Å². The Kier molecular flexibility index (Phi) is 6.13. The van der Waals surface area contributed by atoms with Crippen LogP contribution in [0.4, 0.5) is 0 Å². The number of rotatable bonds is 6. The highest BCUT2D eigenvalue weighted by molar-refractivity contribution is 5.95. The second-order valence-corrected chi connectivity index (χ2v) is 7.70. The zero-order valence-electron chi connectivity index (χ0n) is 17.3. The largest absolute Gasteiger partial charge is 0.465 e. The number of ether oxygens (including phenoxy) is 1. The van der Waals surface area contributed by atoms with Crippen molar-refractivity contribution in [1.82, 2.24) is 25.0 Å². The van der Waals surface area contributed by atoms with Gasteiger partial charge in [-0.05, 0) is 18.4 Å². The molecule has 9 nitrogen and oxygen atoms in total. The summed E-state index contributed by atoms with van der Waals surface area (Å²) in [6.45, 7) is 2.36. The van der Waals surface area contributed by atoms with Crippen molar-refractivity contribution >= 4 is 11.9 Å². The van der Waals surface area contributed by atoms with E-state index in [-0.39, 0.29) is 23.1 Å². The van der Waals surface area contributed by atoms with Crippen LogP contribution >= 0.6 is 0 Å². The van der Waals surface area contributed by atoms with Gasteiger partial charge in [-0.2, -0.15) is 5.10 Å². The van der Waals surface area contributed by atoms with Gasteiger partial charge in [0.05, 0.1) is 19.2 Å². The van der Waals surface area contributed by atoms with Crippen LogP contribution in [0.25, 0.3) is 11.3 Å². The molecule has 1 fully saturated rings. The average Bonchev–Trinajstić information content (AvgIpc) is 3.18. The van der Waals surface area contributed by atoms with Crippen LogP contribution in [0, 0.1) is 0 Å². The molecule has 9 heteroatoms. The number of aromatic nitrogens is 3. The van der Waals surface area contributed by atoms with Crippen LogP contribution in [0.5, 0.6) is 0 Å². The Morgan fingerprint density at radius 3 is 2.65 bits per heavy atom. The lowest BCUT2D eigenvalue weighted by atomic mass is 10.0. The molecule has 0 saturated carbocycles. The number of esters is 1. The lowest BCUT2D eigenvalue weighted by molar-refractivity contribution is -0.122. The molecule has 0 aromatic heterocycles. The minimum atomic E-state index is -0.529. The van der Waals surface area contributed by atoms with Crippen molar-refractivity contribution in [3.8, 4) is 11.3 Å². The standard InChI is InChI=1S/C22H25N5O4/c1-31-22(30)18-13-27(12-17-20(18)24-25-21(17)29)16-7-9-26(10-8-16)14-19(28)23-11-15-5-3-2-4-6-15/h2-6,12-13,16H,7-11,14H2,1H3,(H,23,28)(H,25,29). The third-order valence-corrected chi connectivity index (χ3v) is 5.66. The number of nitrogens with one attached hydrogen (secondary N) is 2. The minimum absolute atomic E-state index is 0.00116. The number of fused-ring (bicyclic) bond motifs is 1. The van der Waals surface area contributed by atoms with Gasteiger partial charge in [-0.15, -0.1) is 0 Å². The number of carbonyl (C=O) groups is 2. The summed E-state index contributed by atoms with van der Waals surface area (Å²) in [6.07, 6.45) is 5.03. The molecule has 0 unspecified atom stereocenters. The number of carbonyl (C=O) groups excluding carboxylic acids is 2. The number of benzene rings is 1. The summed E-state index contributed by atoms with van der Waals surface area (Å²) in [5.74, 6) is -0.530. The number of hydrogen-bond donors (Lipinski definition) is 2. The molecule has 1 saturated heterocycles. The van der Waals surface area contributed by atoms with Gasteiger partial charge in [0.2, 0.25) is 5.91 Å². The lowest BCUT2D eigenvalue weighted by Gasteiger charge is -2.33. The van der Waals surface area contributed by atoms with Gasteiger partial charge < -0.3 is 14.6 Å². The van der Waals surface area contributed by atoms with Crippen LogP contribution in [-0.4, -0.2) is 58.3 Å². The van der Waals surface area contributed by atoms with Gasteiger partial charge in [-0.1, -0.05) is 30.3 Å². The van der Waals surface area contributed by atoms with E-state index in [1.807, 2.05) is 34.9 Å². The molecular weight excluding hydrogens is 398 g/mol. The topological polar surface area (TPSA) is 109 Å². The number of likely N-dealkylation sites (tertiary alicyclic amines) is 1. The van der Waals surface area contributed by atoms with Gasteiger partial charge in [0.15, 0.2) is 0 Å². The Hall–Kier alpha value is -3.46. The van der Waals surface area contributed by atoms with Crippen LogP contribution in [0.2, 0.25) is 0 Å². The van der Waals surface area contributed by atoms with Gasteiger partial charge in [0, 0.05) is 38.1 Å². The van der Waals surface area contributed by atoms with E-state index in [2.05, 4.69) is 20.4 Å². The SMILES string of the molecule is COC(=O)c1cn(C2CCN(CC(=O)NCc3ccccc3)CC2)cc2c(=O)[nH]nc1-2. The van der Waals surface area contributed by atoms with Crippen LogP contribution < -0.4 is 10.9 Å². The first-order valence-electron chi connectivity index (χ1n) is 10.3. The summed E-state index contributed by atoms with van der Waals surface area (Å²) in [5.41, 5.74) is 1.69. The molecule has 162 valence electrons. The number of amides is 1. The molecular formula is C22H25N5O4. The highest BCUT2D eigenvalue weighted by atomic mass is 16.5. The van der Waals surface area contributed by atoms with E-state index >= 15 is 0 Å². The van der Waals surface area contributed by atoms with E-state index in [0.717, 1.165) is 31.5 Å². The molecule has 4 rings (SSSR count). The van der Waals surface area contributed by atoms with E-state index in [0.29, 0.717) is 24.3 Å². The predicted octanol–water partition coefficient (Wildman–Crippen LogP) is 1.42. The van der Waals surface area contributed by atoms with Gasteiger partial charge in [-0.3, -0.25) is 14.5 Å². The Bertz CT molecular complexity index is 1080. The number of pyridine rings is 1. The van der Waals surface area contributed by atoms with E-state index < -0.39 is 5.97 Å². The molecule has 3 aliphatic heterocycles. The smallest absolute Gasteiger partial charge is 0.341 e. The molecule has 0 aliphatic carbocycles. The summed E-state index contributed by atoms with van der Waals surface area (Å²) >= 11 is 0. The number of nitrogens with zero attached hydrogens (tertiary/aromatic N) is 3. The van der Waals surface area contributed by atoms with E-state index in [4.69, 9.17) is 4.74 Å². The van der Waals surface area contributed by atoms with Crippen molar-refractivity contribution in [2.75, 3.05) is 26.7 Å². The van der Waals surface area contributed by atoms with Crippen LogP contribution in [0.3, 0.4) is 0 Å². The Morgan fingerprint density at radius 2 is 1.94 bits per heavy atom. The molecule has 0 bridgehead atoms. The third kappa shape index (κ3) is 4.66. The Morgan fingerprint density at radius 1 is 1.19 bits per heavy atom. The lowest BCUT2D eigenvalue weighted by Crippen LogP contribution is -2.41. The van der Waals surface area contributed by atoms with Crippen molar-refractivity contribution in [2.45, 2.75) is 25.4 Å². The normalized spacial score (nSPS) is 15.1. The Labute approximate surface area is 179 Å². The average molecular weight is 423 g/mol. The first kappa shape index (κ1) is 20.8. The molecule has 0 spiro atoms. The highest BCUT2D eigenvalue weighted by Crippen LogP contribution is 2.27. The van der Waals surface area contributed by atoms with Crippen molar-refractivity contribution in [1.29, 1.82) is 0 Å². The van der Waals surface area contributed by atoms with Crippen LogP contribution in [0.15, 0.2) is 47.5 Å². The van der Waals surface area contributed by atoms with Crippen molar-refractivity contribution in [2.24, 2.45) is 0 Å². The van der Waals surface area contributed by atoms with Gasteiger partial charge >= 0.3 is 5.97 Å². The second kappa shape index (κ2) is 9.13. The second-order valence-electron chi connectivity index (χ2n) is 7.70. The van der Waals surface area contributed by atoms with E-state index in [9.17, 15) is 14.4 Å². The fourth-order valence-electron chi connectivity index (χ4n) is 3.96. The molecule has 1 amide bonds. The fourth-order valence-corrected chi connectivity index (χ4v) is 3.96. The van der Waals surface area contributed by atoms with Crippen molar-refractivity contribution < 1.29 is 14.3 Å². The molecule has 3 aliphatic rings. The Balaban J connectivity index is 1.37. The molecule has 1 aromatic rings. The number of aromatic amines is 1. The monoisotopic (exact) mass is 423 g/mol. The van der Waals surface area contributed by atoms with E-state index in [1.54, 1.807) is 12.4 Å². The summed E-state index contributed by atoms with van der Waals surface area (Å²) in [4.78, 5) is 38.7. The quantitative estimate of drug-likeness (QED) is 0.581. The molecule has 0 atom stereocenters.